The summed E-state index contributed by atoms with van der Waals surface area (Å²) in [6, 6.07) is 64.4. The van der Waals surface area contributed by atoms with Crippen molar-refractivity contribution >= 4 is 96.8 Å². The summed E-state index contributed by atoms with van der Waals surface area (Å²) in [4.78, 5) is 16.1. The van der Waals surface area contributed by atoms with Crippen LogP contribution in [-0.4, -0.2) is 19.5 Å². The molecule has 4 heterocycles. The van der Waals surface area contributed by atoms with Gasteiger partial charge in [-0.05, 0) is 70.1 Å². The van der Waals surface area contributed by atoms with Gasteiger partial charge in [-0.2, -0.15) is 0 Å². The zero-order valence-corrected chi connectivity index (χ0v) is 32.2. The molecular formula is C53H30N4OS. The van der Waals surface area contributed by atoms with E-state index in [-0.39, 0.29) is 0 Å². The van der Waals surface area contributed by atoms with Crippen LogP contribution in [0.15, 0.2) is 186 Å². The van der Waals surface area contributed by atoms with E-state index in [4.69, 9.17) is 19.4 Å². The predicted octanol–water partition coefficient (Wildman–Crippen LogP) is 14.5. The van der Waals surface area contributed by atoms with E-state index in [9.17, 15) is 0 Å². The number of hydrogen-bond donors (Lipinski definition) is 0. The van der Waals surface area contributed by atoms with Crippen LogP contribution in [0.4, 0.5) is 0 Å². The molecule has 13 rings (SSSR count). The molecule has 0 bridgehead atoms. The first-order valence-corrected chi connectivity index (χ1v) is 20.6. The summed E-state index contributed by atoms with van der Waals surface area (Å²) in [6.45, 7) is 0. The summed E-state index contributed by atoms with van der Waals surface area (Å²) in [7, 11) is 0. The van der Waals surface area contributed by atoms with Gasteiger partial charge >= 0.3 is 0 Å². The number of fused-ring (bicyclic) bond motifs is 11. The van der Waals surface area contributed by atoms with Crippen LogP contribution in [0.3, 0.4) is 0 Å². The van der Waals surface area contributed by atoms with E-state index in [2.05, 4.69) is 174 Å². The second-order valence-corrected chi connectivity index (χ2v) is 16.2. The van der Waals surface area contributed by atoms with Gasteiger partial charge in [-0.25, -0.2) is 15.0 Å². The summed E-state index contributed by atoms with van der Waals surface area (Å²) in [5.41, 5.74) is 7.53. The fourth-order valence-corrected chi connectivity index (χ4v) is 10.3. The van der Waals surface area contributed by atoms with Gasteiger partial charge in [0.2, 0.25) is 0 Å². The third-order valence-corrected chi connectivity index (χ3v) is 13.0. The zero-order valence-electron chi connectivity index (χ0n) is 31.4. The highest BCUT2D eigenvalue weighted by molar-refractivity contribution is 7.26. The lowest BCUT2D eigenvalue weighted by atomic mass is 10.0. The molecule has 59 heavy (non-hydrogen) atoms. The first kappa shape index (κ1) is 32.4. The Morgan fingerprint density at radius 3 is 1.86 bits per heavy atom. The van der Waals surface area contributed by atoms with Crippen LogP contribution in [-0.2, 0) is 0 Å². The van der Waals surface area contributed by atoms with E-state index in [1.54, 1.807) is 11.3 Å². The molecule has 0 aliphatic rings. The van der Waals surface area contributed by atoms with Gasteiger partial charge in [0.05, 0.1) is 16.6 Å². The highest BCUT2D eigenvalue weighted by Crippen LogP contribution is 2.43. The van der Waals surface area contributed by atoms with Gasteiger partial charge in [0.15, 0.2) is 17.5 Å². The molecule has 0 aliphatic carbocycles. The molecule has 0 N–H and O–H groups in total. The van der Waals surface area contributed by atoms with Gasteiger partial charge in [-0.15, -0.1) is 11.3 Å². The minimum atomic E-state index is 0.549. The number of nitrogens with zero attached hydrogens (tertiary/aromatic N) is 4. The molecule has 9 aromatic carbocycles. The van der Waals surface area contributed by atoms with Crippen molar-refractivity contribution < 1.29 is 4.42 Å². The summed E-state index contributed by atoms with van der Waals surface area (Å²) >= 11 is 1.78. The van der Waals surface area contributed by atoms with Crippen LogP contribution in [0, 0.1) is 0 Å². The minimum Gasteiger partial charge on any atom is -0.455 e. The maximum atomic E-state index is 6.81. The molecule has 0 saturated heterocycles. The van der Waals surface area contributed by atoms with Crippen molar-refractivity contribution in [1.82, 2.24) is 19.5 Å². The van der Waals surface area contributed by atoms with Gasteiger partial charge in [-0.3, -0.25) is 0 Å². The van der Waals surface area contributed by atoms with Crippen LogP contribution in [0.25, 0.3) is 125 Å². The quantitative estimate of drug-likeness (QED) is 0.179. The summed E-state index contributed by atoms with van der Waals surface area (Å²) in [6.07, 6.45) is 0. The van der Waals surface area contributed by atoms with Crippen molar-refractivity contribution in [1.29, 1.82) is 0 Å². The van der Waals surface area contributed by atoms with E-state index in [1.807, 2.05) is 12.1 Å². The molecule has 0 atom stereocenters. The van der Waals surface area contributed by atoms with Gasteiger partial charge in [-0.1, -0.05) is 133 Å². The number of thiophene rings is 1. The number of para-hydroxylation sites is 2. The Morgan fingerprint density at radius 1 is 0.390 bits per heavy atom. The number of aromatic nitrogens is 4. The fraction of sp³-hybridized carbons (Fsp3) is 0. The summed E-state index contributed by atoms with van der Waals surface area (Å²) < 4.78 is 11.6. The van der Waals surface area contributed by atoms with E-state index in [0.717, 1.165) is 70.8 Å². The van der Waals surface area contributed by atoms with Gasteiger partial charge in [0, 0.05) is 58.5 Å². The fourth-order valence-electron chi connectivity index (χ4n) is 9.12. The minimum absolute atomic E-state index is 0.549. The SMILES string of the molecule is c1ccc2cc3c(cc2c1)c1ccccc1n3-c1cc(-c2nc(-c3cccc4ccccc34)nc(-c3cccc4c3sc3ccccc34)n2)c2oc3ccccc3c2c1. The topological polar surface area (TPSA) is 56.7 Å². The van der Waals surface area contributed by atoms with Gasteiger partial charge in [0.25, 0.3) is 0 Å². The average molecular weight is 771 g/mol. The molecule has 5 nitrogen and oxygen atoms in total. The Kier molecular flexibility index (Phi) is 6.82. The van der Waals surface area contributed by atoms with Gasteiger partial charge in [0.1, 0.15) is 11.2 Å². The molecule has 6 heteroatoms. The third-order valence-electron chi connectivity index (χ3n) is 11.8. The number of rotatable bonds is 4. The van der Waals surface area contributed by atoms with Crippen LogP contribution in [0.5, 0.6) is 0 Å². The van der Waals surface area contributed by atoms with Crippen LogP contribution >= 0.6 is 11.3 Å². The van der Waals surface area contributed by atoms with E-state index in [0.29, 0.717) is 17.5 Å². The van der Waals surface area contributed by atoms with Crippen LogP contribution < -0.4 is 0 Å². The van der Waals surface area contributed by atoms with E-state index in [1.165, 1.54) is 37.0 Å². The lowest BCUT2D eigenvalue weighted by Crippen LogP contribution is -2.02. The molecule has 0 amide bonds. The number of hydrogen-bond acceptors (Lipinski definition) is 5. The van der Waals surface area contributed by atoms with Crippen molar-refractivity contribution in [3.05, 3.63) is 182 Å². The standard InChI is InChI=1S/C53H30N4OS/c1-2-15-33-28-46-42(27-32(33)14-1)36-18-5-8-24-45(36)57(46)34-29-43-37-19-6-9-25-47(37)58-49(43)44(30-34)53-55-51(40-22-11-16-31-13-3-4-17-35(31)40)54-52(56-53)41-23-12-21-39-38-20-7-10-26-48(38)59-50(39)41/h1-30H. The smallest absolute Gasteiger partial charge is 0.167 e. The number of furan rings is 1. The van der Waals surface area contributed by atoms with Crippen LogP contribution in [0.1, 0.15) is 0 Å². The van der Waals surface area contributed by atoms with Crippen molar-refractivity contribution in [3.63, 3.8) is 0 Å². The second kappa shape index (κ2) is 12.4. The molecule has 0 saturated carbocycles. The molecule has 13 aromatic rings. The van der Waals surface area contributed by atoms with Crippen LogP contribution in [0.2, 0.25) is 0 Å². The Balaban J connectivity index is 1.15. The van der Waals surface area contributed by atoms with Gasteiger partial charge < -0.3 is 8.98 Å². The molecule has 4 aromatic heterocycles. The average Bonchev–Trinajstić information content (AvgIpc) is 3.97. The Bertz CT molecular complexity index is 3870. The lowest BCUT2D eigenvalue weighted by Gasteiger charge is -2.13. The zero-order chi connectivity index (χ0) is 38.6. The first-order valence-electron chi connectivity index (χ1n) is 19.8. The monoisotopic (exact) mass is 770 g/mol. The predicted molar refractivity (Wildman–Crippen MR) is 246 cm³/mol. The molecule has 0 unspecified atom stereocenters. The molecule has 0 fully saturated rings. The molecule has 274 valence electrons. The normalized spacial score (nSPS) is 12.1. The van der Waals surface area contributed by atoms with Crippen molar-refractivity contribution in [3.8, 4) is 39.9 Å². The summed E-state index contributed by atoms with van der Waals surface area (Å²) in [5, 5.41) is 11.5. The van der Waals surface area contributed by atoms with Crippen molar-refractivity contribution in [2.75, 3.05) is 0 Å². The molecule has 0 radical (unpaired) electrons. The van der Waals surface area contributed by atoms with E-state index < -0.39 is 0 Å². The Morgan fingerprint density at radius 2 is 1.00 bits per heavy atom. The maximum Gasteiger partial charge on any atom is 0.167 e. The Hall–Kier alpha value is -7.67. The molecular weight excluding hydrogens is 741 g/mol. The third kappa shape index (κ3) is 4.87. The molecule has 0 aliphatic heterocycles. The van der Waals surface area contributed by atoms with Crippen molar-refractivity contribution in [2.45, 2.75) is 0 Å². The molecule has 0 spiro atoms. The first-order chi connectivity index (χ1) is 29.2. The Labute approximate surface area is 341 Å². The highest BCUT2D eigenvalue weighted by atomic mass is 32.1. The lowest BCUT2D eigenvalue weighted by molar-refractivity contribution is 0.669. The summed E-state index contributed by atoms with van der Waals surface area (Å²) in [5.74, 6) is 1.78. The second-order valence-electron chi connectivity index (χ2n) is 15.2. The van der Waals surface area contributed by atoms with Crippen molar-refractivity contribution in [2.24, 2.45) is 0 Å². The maximum absolute atomic E-state index is 6.81. The highest BCUT2D eigenvalue weighted by Gasteiger charge is 2.23. The number of benzene rings is 9. The van der Waals surface area contributed by atoms with E-state index >= 15 is 0 Å². The largest absolute Gasteiger partial charge is 0.455 e.